The quantitative estimate of drug-likeness (QED) is 0.212. The Morgan fingerprint density at radius 1 is 0.705 bits per heavy atom. The molecule has 0 unspecified atom stereocenters. The maximum Gasteiger partial charge on any atom is 0.227 e. The van der Waals surface area contributed by atoms with Crippen molar-refractivity contribution < 1.29 is 8.83 Å². The van der Waals surface area contributed by atoms with Crippen LogP contribution in [0, 0.1) is 13.8 Å². The van der Waals surface area contributed by atoms with Crippen LogP contribution in [0.5, 0.6) is 0 Å². The zero-order valence-electron chi connectivity index (χ0n) is 25.0. The van der Waals surface area contributed by atoms with Gasteiger partial charge in [0.05, 0.1) is 22.3 Å². The van der Waals surface area contributed by atoms with Gasteiger partial charge in [-0.15, -0.1) is 0 Å². The second-order valence-corrected chi connectivity index (χ2v) is 12.1. The minimum absolute atomic E-state index is 0.426. The minimum Gasteiger partial charge on any atom is -0.456 e. The highest BCUT2D eigenvalue weighted by Crippen LogP contribution is 2.42. The molecule has 0 saturated heterocycles. The lowest BCUT2D eigenvalue weighted by molar-refractivity contribution is 0.654. The maximum absolute atomic E-state index is 6.66. The van der Waals surface area contributed by atoms with Gasteiger partial charge < -0.3 is 8.83 Å². The molecule has 5 nitrogen and oxygen atoms in total. The highest BCUT2D eigenvalue weighted by molar-refractivity contribution is 6.12. The first-order valence-electron chi connectivity index (χ1n) is 15.1. The van der Waals surface area contributed by atoms with Crippen LogP contribution in [0.15, 0.2) is 106 Å². The topological polar surface area (TPSA) is 57.0 Å². The number of benzene rings is 5. The molecule has 9 rings (SSSR count). The van der Waals surface area contributed by atoms with Crippen molar-refractivity contribution in [1.82, 2.24) is 14.5 Å². The van der Waals surface area contributed by atoms with Gasteiger partial charge in [0.15, 0.2) is 0 Å². The summed E-state index contributed by atoms with van der Waals surface area (Å²) in [6.07, 6.45) is 1.77. The lowest BCUT2D eigenvalue weighted by atomic mass is 9.99. The summed E-state index contributed by atoms with van der Waals surface area (Å²) in [6, 6.07) is 32.0. The first kappa shape index (κ1) is 25.1. The molecule has 212 valence electrons. The summed E-state index contributed by atoms with van der Waals surface area (Å²) in [6.45, 7) is 8.79. The van der Waals surface area contributed by atoms with Gasteiger partial charge in [-0.25, -0.2) is 9.97 Å². The largest absolute Gasteiger partial charge is 0.456 e. The molecular formula is C39H29N3O2. The van der Waals surface area contributed by atoms with Gasteiger partial charge in [-0.2, -0.15) is 0 Å². The zero-order chi connectivity index (χ0) is 29.7. The number of pyridine rings is 1. The van der Waals surface area contributed by atoms with E-state index in [1.807, 2.05) is 6.07 Å². The minimum atomic E-state index is 0.426. The van der Waals surface area contributed by atoms with Crippen molar-refractivity contribution in [3.8, 4) is 17.1 Å². The van der Waals surface area contributed by atoms with Crippen LogP contribution in [0.4, 0.5) is 0 Å². The monoisotopic (exact) mass is 571 g/mol. The standard InChI is InChI=1S/C39H29N3O2/c1-21(2)25-14-16-27-31-19-22(3)34(23(4)36(31)43-33(27)20-25)42-35-26-10-6-5-9-24(26)15-17-32(35)41-38(42)30-12-7-11-28-29-13-8-18-40-39(29)44-37(28)30/h5-21H,1-4H3. The van der Waals surface area contributed by atoms with E-state index in [2.05, 4.69) is 122 Å². The molecule has 0 aliphatic heterocycles. The van der Waals surface area contributed by atoms with Crippen LogP contribution < -0.4 is 0 Å². The summed E-state index contributed by atoms with van der Waals surface area (Å²) in [5.74, 6) is 1.25. The first-order chi connectivity index (χ1) is 21.5. The summed E-state index contributed by atoms with van der Waals surface area (Å²) >= 11 is 0. The van der Waals surface area contributed by atoms with Crippen molar-refractivity contribution in [1.29, 1.82) is 0 Å². The highest BCUT2D eigenvalue weighted by atomic mass is 16.3. The molecule has 5 aromatic carbocycles. The number of fused-ring (bicyclic) bond motifs is 9. The normalized spacial score (nSPS) is 12.3. The van der Waals surface area contributed by atoms with Gasteiger partial charge in [0.25, 0.3) is 0 Å². The number of aromatic nitrogens is 3. The van der Waals surface area contributed by atoms with Crippen LogP contribution in [0.1, 0.15) is 36.5 Å². The van der Waals surface area contributed by atoms with E-state index in [-0.39, 0.29) is 0 Å². The van der Waals surface area contributed by atoms with Gasteiger partial charge in [0.1, 0.15) is 22.6 Å². The van der Waals surface area contributed by atoms with E-state index in [9.17, 15) is 0 Å². The van der Waals surface area contributed by atoms with Crippen molar-refractivity contribution in [2.24, 2.45) is 0 Å². The predicted molar refractivity (Wildman–Crippen MR) is 180 cm³/mol. The molecule has 0 amide bonds. The Morgan fingerprint density at radius 2 is 1.55 bits per heavy atom. The molecule has 5 heteroatoms. The third-order valence-corrected chi connectivity index (χ3v) is 9.13. The summed E-state index contributed by atoms with van der Waals surface area (Å²) < 4.78 is 15.4. The molecule has 0 saturated carbocycles. The van der Waals surface area contributed by atoms with E-state index in [1.54, 1.807) is 6.20 Å². The number of imidazole rings is 1. The van der Waals surface area contributed by atoms with E-state index in [0.717, 1.165) is 82.9 Å². The zero-order valence-corrected chi connectivity index (χ0v) is 25.0. The Kier molecular flexibility index (Phi) is 5.16. The molecule has 9 aromatic rings. The summed E-state index contributed by atoms with van der Waals surface area (Å²) in [5.41, 5.74) is 10.7. The van der Waals surface area contributed by atoms with E-state index < -0.39 is 0 Å². The Hall–Kier alpha value is -5.42. The Balaban J connectivity index is 1.43. The van der Waals surface area contributed by atoms with Crippen molar-refractivity contribution in [3.63, 3.8) is 0 Å². The number of aryl methyl sites for hydroxylation is 2. The highest BCUT2D eigenvalue weighted by Gasteiger charge is 2.25. The fourth-order valence-corrected chi connectivity index (χ4v) is 6.99. The molecule has 0 spiro atoms. The summed E-state index contributed by atoms with van der Waals surface area (Å²) in [7, 11) is 0. The van der Waals surface area contributed by atoms with Crippen LogP contribution in [-0.4, -0.2) is 14.5 Å². The third kappa shape index (κ3) is 3.41. The van der Waals surface area contributed by atoms with Crippen molar-refractivity contribution >= 4 is 65.8 Å². The van der Waals surface area contributed by atoms with Crippen LogP contribution in [-0.2, 0) is 0 Å². The lowest BCUT2D eigenvalue weighted by Crippen LogP contribution is -2.03. The number of furan rings is 2. The molecular weight excluding hydrogens is 542 g/mol. The molecule has 0 atom stereocenters. The lowest BCUT2D eigenvalue weighted by Gasteiger charge is -2.17. The third-order valence-electron chi connectivity index (χ3n) is 9.13. The smallest absolute Gasteiger partial charge is 0.227 e. The number of hydrogen-bond donors (Lipinski definition) is 0. The van der Waals surface area contributed by atoms with Crippen LogP contribution in [0.25, 0.3) is 82.9 Å². The van der Waals surface area contributed by atoms with Crippen LogP contribution in [0.2, 0.25) is 0 Å². The van der Waals surface area contributed by atoms with Gasteiger partial charge >= 0.3 is 0 Å². The van der Waals surface area contributed by atoms with Gasteiger partial charge in [-0.05, 0) is 72.7 Å². The molecule has 0 bridgehead atoms. The predicted octanol–water partition coefficient (Wildman–Crippen LogP) is 10.8. The van der Waals surface area contributed by atoms with Crippen molar-refractivity contribution in [2.75, 3.05) is 0 Å². The van der Waals surface area contributed by atoms with Crippen molar-refractivity contribution in [2.45, 2.75) is 33.6 Å². The van der Waals surface area contributed by atoms with Gasteiger partial charge in [-0.1, -0.05) is 68.4 Å². The molecule has 0 radical (unpaired) electrons. The number of para-hydroxylation sites is 1. The van der Waals surface area contributed by atoms with E-state index in [4.69, 9.17) is 13.8 Å². The Bertz CT molecular complexity index is 2620. The second kappa shape index (κ2) is 9.04. The second-order valence-electron chi connectivity index (χ2n) is 12.1. The molecule has 44 heavy (non-hydrogen) atoms. The fourth-order valence-electron chi connectivity index (χ4n) is 6.99. The fraction of sp³-hybridized carbons (Fsp3) is 0.128. The molecule has 0 fully saturated rings. The summed E-state index contributed by atoms with van der Waals surface area (Å²) in [5, 5.41) is 6.61. The van der Waals surface area contributed by atoms with Gasteiger partial charge in [0.2, 0.25) is 5.71 Å². The molecule has 4 heterocycles. The molecule has 4 aromatic heterocycles. The number of rotatable bonds is 3. The first-order valence-corrected chi connectivity index (χ1v) is 15.1. The SMILES string of the molecule is Cc1cc2c(oc3cc(C(C)C)ccc32)c(C)c1-n1c(-c2cccc3c2oc2ncccc23)nc2ccc3ccccc3c21. The molecule has 0 N–H and O–H groups in total. The Morgan fingerprint density at radius 3 is 2.43 bits per heavy atom. The van der Waals surface area contributed by atoms with Gasteiger partial charge in [-0.3, -0.25) is 4.57 Å². The molecule has 0 aliphatic rings. The Labute approximate surface area is 253 Å². The number of hydrogen-bond acceptors (Lipinski definition) is 4. The molecule has 0 aliphatic carbocycles. The van der Waals surface area contributed by atoms with Crippen molar-refractivity contribution in [3.05, 3.63) is 114 Å². The van der Waals surface area contributed by atoms with Crippen LogP contribution in [0.3, 0.4) is 0 Å². The van der Waals surface area contributed by atoms with E-state index in [0.29, 0.717) is 11.6 Å². The number of nitrogens with zero attached hydrogens (tertiary/aromatic N) is 3. The van der Waals surface area contributed by atoms with E-state index in [1.165, 1.54) is 10.9 Å². The maximum atomic E-state index is 6.66. The average molecular weight is 572 g/mol. The van der Waals surface area contributed by atoms with Crippen LogP contribution >= 0.6 is 0 Å². The van der Waals surface area contributed by atoms with Gasteiger partial charge in [0, 0.05) is 38.7 Å². The van der Waals surface area contributed by atoms with E-state index >= 15 is 0 Å². The average Bonchev–Trinajstić information content (AvgIpc) is 3.72. The summed E-state index contributed by atoms with van der Waals surface area (Å²) in [4.78, 5) is 9.83.